The molecule has 2 heterocycles. The van der Waals surface area contributed by atoms with Crippen LogP contribution in [0.5, 0.6) is 0 Å². The van der Waals surface area contributed by atoms with Crippen LogP contribution in [0.15, 0.2) is 24.3 Å². The van der Waals surface area contributed by atoms with Gasteiger partial charge in [-0.1, -0.05) is 44.2 Å². The van der Waals surface area contributed by atoms with Gasteiger partial charge in [0.2, 0.25) is 5.13 Å². The molecular weight excluding hydrogens is 400 g/mol. The lowest BCUT2D eigenvalue weighted by atomic mass is 10.0. The van der Waals surface area contributed by atoms with Crippen molar-refractivity contribution in [2.45, 2.75) is 45.8 Å². The van der Waals surface area contributed by atoms with Gasteiger partial charge >= 0.3 is 0 Å². The van der Waals surface area contributed by atoms with Crippen molar-refractivity contribution in [3.05, 3.63) is 33.8 Å². The van der Waals surface area contributed by atoms with Gasteiger partial charge in [0, 0.05) is 11.7 Å². The Morgan fingerprint density at radius 1 is 1.37 bits per heavy atom. The summed E-state index contributed by atoms with van der Waals surface area (Å²) in [6, 6.07) is 8.37. The molecule has 9 heteroatoms. The predicted octanol–water partition coefficient (Wildman–Crippen LogP) is 4.01. The Balaban J connectivity index is 1.69. The topological polar surface area (TPSA) is 67.2 Å². The smallest absolute Gasteiger partial charge is 0.209 e. The van der Waals surface area contributed by atoms with Crippen molar-refractivity contribution in [3.63, 3.8) is 0 Å². The quantitative estimate of drug-likeness (QED) is 0.675. The highest BCUT2D eigenvalue weighted by Crippen LogP contribution is 2.24. The van der Waals surface area contributed by atoms with E-state index in [0.717, 1.165) is 17.4 Å². The van der Waals surface area contributed by atoms with Crippen molar-refractivity contribution in [1.82, 2.24) is 14.7 Å². The van der Waals surface area contributed by atoms with Crippen molar-refractivity contribution in [2.75, 3.05) is 23.4 Å². The van der Waals surface area contributed by atoms with Gasteiger partial charge in [-0.05, 0) is 48.8 Å². The van der Waals surface area contributed by atoms with Crippen LogP contribution in [-0.4, -0.2) is 47.2 Å². The van der Waals surface area contributed by atoms with Gasteiger partial charge < -0.3 is 5.32 Å². The zero-order valence-electron chi connectivity index (χ0n) is 15.9. The van der Waals surface area contributed by atoms with E-state index in [0.29, 0.717) is 23.0 Å². The van der Waals surface area contributed by atoms with E-state index in [1.54, 1.807) is 4.68 Å². The second kappa shape index (κ2) is 8.38. The molecule has 3 rings (SSSR count). The average Bonchev–Trinajstić information content (AvgIpc) is 3.14. The Hall–Kier alpha value is -1.29. The lowest BCUT2D eigenvalue weighted by Gasteiger charge is -2.25. The number of sulfone groups is 1. The number of aromatic nitrogens is 2. The summed E-state index contributed by atoms with van der Waals surface area (Å²) in [4.78, 5) is 2.14. The standard InChI is InChI=1S/C18H26N4O2S3/c1-4-21(16-9-10-27(23,24)11-16)12-22-18(25)26-17(20-22)19-15-7-5-14(6-8-15)13(2)3/h5-8,13,16H,4,9-12H2,1-3H3,(H,19,20). The van der Waals surface area contributed by atoms with Gasteiger partial charge in [0.25, 0.3) is 0 Å². The Labute approximate surface area is 170 Å². The summed E-state index contributed by atoms with van der Waals surface area (Å²) in [5, 5.41) is 8.64. The van der Waals surface area contributed by atoms with E-state index in [4.69, 9.17) is 12.2 Å². The van der Waals surface area contributed by atoms with Crippen molar-refractivity contribution < 1.29 is 8.42 Å². The molecule has 1 aromatic heterocycles. The Morgan fingerprint density at radius 3 is 2.63 bits per heavy atom. The van der Waals surface area contributed by atoms with E-state index < -0.39 is 9.84 Å². The van der Waals surface area contributed by atoms with Gasteiger partial charge in [0.15, 0.2) is 13.8 Å². The summed E-state index contributed by atoms with van der Waals surface area (Å²) in [5.74, 6) is 1.00. The second-order valence-corrected chi connectivity index (χ2v) is 11.0. The van der Waals surface area contributed by atoms with Gasteiger partial charge in [-0.3, -0.25) is 4.90 Å². The van der Waals surface area contributed by atoms with Crippen LogP contribution in [0.4, 0.5) is 10.8 Å². The van der Waals surface area contributed by atoms with E-state index >= 15 is 0 Å². The number of hydrogen-bond donors (Lipinski definition) is 1. The van der Waals surface area contributed by atoms with Crippen molar-refractivity contribution in [1.29, 1.82) is 0 Å². The maximum absolute atomic E-state index is 11.8. The summed E-state index contributed by atoms with van der Waals surface area (Å²) in [7, 11) is -2.91. The minimum absolute atomic E-state index is 0.0450. The molecule has 0 aliphatic carbocycles. The monoisotopic (exact) mass is 426 g/mol. The average molecular weight is 427 g/mol. The SMILES string of the molecule is CCN(Cn1nc(Nc2ccc(C(C)C)cc2)sc1=S)C1CCS(=O)(=O)C1. The van der Waals surface area contributed by atoms with Crippen LogP contribution in [0, 0.1) is 3.95 Å². The number of hydrogen-bond acceptors (Lipinski definition) is 7. The molecule has 1 atom stereocenters. The number of anilines is 2. The lowest BCUT2D eigenvalue weighted by molar-refractivity contribution is 0.165. The summed E-state index contributed by atoms with van der Waals surface area (Å²) >= 11 is 6.89. The van der Waals surface area contributed by atoms with E-state index in [9.17, 15) is 8.42 Å². The molecule has 1 aromatic carbocycles. The molecule has 0 radical (unpaired) electrons. The highest BCUT2D eigenvalue weighted by molar-refractivity contribution is 7.91. The third kappa shape index (κ3) is 5.16. The van der Waals surface area contributed by atoms with Crippen molar-refractivity contribution in [3.8, 4) is 0 Å². The van der Waals surface area contributed by atoms with E-state index in [1.165, 1.54) is 16.9 Å². The molecule has 148 valence electrons. The normalized spacial score (nSPS) is 19.1. The molecule has 1 saturated heterocycles. The molecule has 0 bridgehead atoms. The first-order valence-electron chi connectivity index (χ1n) is 9.17. The minimum atomic E-state index is -2.91. The van der Waals surface area contributed by atoms with Crippen molar-refractivity contribution in [2.24, 2.45) is 0 Å². The van der Waals surface area contributed by atoms with Gasteiger partial charge in [-0.2, -0.15) is 0 Å². The molecule has 0 amide bonds. The maximum Gasteiger partial charge on any atom is 0.209 e. The van der Waals surface area contributed by atoms with Crippen LogP contribution in [0.3, 0.4) is 0 Å². The molecule has 27 heavy (non-hydrogen) atoms. The van der Waals surface area contributed by atoms with E-state index in [2.05, 4.69) is 41.3 Å². The van der Waals surface area contributed by atoms with Gasteiger partial charge in [0.1, 0.15) is 0 Å². The zero-order chi connectivity index (χ0) is 19.6. The maximum atomic E-state index is 11.8. The van der Waals surface area contributed by atoms with Crippen LogP contribution in [-0.2, 0) is 16.5 Å². The van der Waals surface area contributed by atoms with Crippen LogP contribution in [0.25, 0.3) is 0 Å². The fourth-order valence-corrected chi connectivity index (χ4v) is 6.00. The fraction of sp³-hybridized carbons (Fsp3) is 0.556. The third-order valence-corrected chi connectivity index (χ3v) is 7.86. The Morgan fingerprint density at radius 2 is 2.07 bits per heavy atom. The highest BCUT2D eigenvalue weighted by atomic mass is 32.2. The first-order valence-corrected chi connectivity index (χ1v) is 12.2. The molecule has 1 fully saturated rings. The van der Waals surface area contributed by atoms with Crippen LogP contribution < -0.4 is 5.32 Å². The molecule has 0 spiro atoms. The van der Waals surface area contributed by atoms with Gasteiger partial charge in [-0.25, -0.2) is 13.1 Å². The fourth-order valence-electron chi connectivity index (χ4n) is 3.23. The molecule has 1 aliphatic rings. The van der Waals surface area contributed by atoms with Gasteiger partial charge in [0.05, 0.1) is 18.2 Å². The Kier molecular flexibility index (Phi) is 6.35. The first-order chi connectivity index (χ1) is 12.8. The second-order valence-electron chi connectivity index (χ2n) is 7.18. The highest BCUT2D eigenvalue weighted by Gasteiger charge is 2.31. The summed E-state index contributed by atoms with van der Waals surface area (Å²) in [5.41, 5.74) is 2.27. The molecular formula is C18H26N4O2S3. The molecule has 2 aromatic rings. The summed E-state index contributed by atoms with van der Waals surface area (Å²) in [6.07, 6.45) is 0.681. The minimum Gasteiger partial charge on any atom is -0.330 e. The third-order valence-electron chi connectivity index (χ3n) is 4.88. The zero-order valence-corrected chi connectivity index (χ0v) is 18.3. The molecule has 1 N–H and O–H groups in total. The van der Waals surface area contributed by atoms with Gasteiger partial charge in [-0.15, -0.1) is 5.10 Å². The summed E-state index contributed by atoms with van der Waals surface area (Å²) < 4.78 is 26.0. The number of benzene rings is 1. The van der Waals surface area contributed by atoms with E-state index in [1.807, 2.05) is 19.1 Å². The molecule has 1 unspecified atom stereocenters. The molecule has 0 saturated carbocycles. The van der Waals surface area contributed by atoms with Crippen molar-refractivity contribution >= 4 is 44.2 Å². The van der Waals surface area contributed by atoms with E-state index in [-0.39, 0.29) is 17.5 Å². The number of nitrogens with one attached hydrogen (secondary N) is 1. The summed E-state index contributed by atoms with van der Waals surface area (Å²) in [6.45, 7) is 7.66. The first kappa shape index (κ1) is 20.4. The van der Waals surface area contributed by atoms with Crippen LogP contribution >= 0.6 is 23.6 Å². The largest absolute Gasteiger partial charge is 0.330 e. The molecule has 6 nitrogen and oxygen atoms in total. The van der Waals surface area contributed by atoms with Crippen LogP contribution in [0.2, 0.25) is 0 Å². The Bertz CT molecular complexity index is 932. The van der Waals surface area contributed by atoms with Crippen LogP contribution in [0.1, 0.15) is 38.7 Å². The number of rotatable bonds is 7. The predicted molar refractivity (Wildman–Crippen MR) is 114 cm³/mol. The molecule has 1 aliphatic heterocycles. The lowest BCUT2D eigenvalue weighted by Crippen LogP contribution is -2.37. The number of nitrogens with zero attached hydrogens (tertiary/aromatic N) is 3.